The van der Waals surface area contributed by atoms with E-state index in [2.05, 4.69) is 17.0 Å². The third kappa shape index (κ3) is 3.87. The van der Waals surface area contributed by atoms with Crippen LogP contribution >= 0.6 is 11.3 Å². The molecule has 0 bridgehead atoms. The van der Waals surface area contributed by atoms with Gasteiger partial charge in [-0.1, -0.05) is 48.9 Å². The fourth-order valence-electron chi connectivity index (χ4n) is 3.69. The molecule has 168 valence electrons. The van der Waals surface area contributed by atoms with Gasteiger partial charge in [0.05, 0.1) is 18.2 Å². The van der Waals surface area contributed by atoms with E-state index >= 15 is 0 Å². The lowest BCUT2D eigenvalue weighted by Gasteiger charge is -2.10. The molecule has 0 amide bonds. The van der Waals surface area contributed by atoms with E-state index in [1.807, 2.05) is 55.5 Å². The van der Waals surface area contributed by atoms with Gasteiger partial charge in [0, 0.05) is 10.9 Å². The molecule has 7 nitrogen and oxygen atoms in total. The summed E-state index contributed by atoms with van der Waals surface area (Å²) in [6.45, 7) is 4.73. The lowest BCUT2D eigenvalue weighted by atomic mass is 10.1. The van der Waals surface area contributed by atoms with Crippen molar-refractivity contribution < 1.29 is 13.9 Å². The van der Waals surface area contributed by atoms with Crippen molar-refractivity contribution in [2.24, 2.45) is 0 Å². The van der Waals surface area contributed by atoms with E-state index in [0.717, 1.165) is 34.9 Å². The first-order valence-corrected chi connectivity index (χ1v) is 11.6. The molecule has 8 heteroatoms. The summed E-state index contributed by atoms with van der Waals surface area (Å²) in [6, 6.07) is 13.4. The Hall–Kier alpha value is -3.65. The fraction of sp³-hybridized carbons (Fsp3) is 0.240. The zero-order chi connectivity index (χ0) is 22.9. The topological polar surface area (TPSA) is 78.9 Å². The van der Waals surface area contributed by atoms with Crippen molar-refractivity contribution in [3.05, 3.63) is 68.5 Å². The summed E-state index contributed by atoms with van der Waals surface area (Å²) in [5, 5.41) is 5.45. The van der Waals surface area contributed by atoms with Crippen molar-refractivity contribution >= 4 is 33.3 Å². The van der Waals surface area contributed by atoms with Crippen molar-refractivity contribution in [2.45, 2.75) is 26.7 Å². The van der Waals surface area contributed by atoms with Crippen LogP contribution in [0.25, 0.3) is 33.6 Å². The first-order chi connectivity index (χ1) is 16.1. The molecule has 3 aromatic heterocycles. The van der Waals surface area contributed by atoms with E-state index in [-0.39, 0.29) is 5.56 Å². The number of furan rings is 1. The summed E-state index contributed by atoms with van der Waals surface area (Å²) in [5.41, 5.74) is 2.35. The van der Waals surface area contributed by atoms with Crippen LogP contribution in [-0.2, 0) is 0 Å². The van der Waals surface area contributed by atoms with E-state index in [1.165, 1.54) is 15.9 Å². The van der Waals surface area contributed by atoms with Gasteiger partial charge >= 0.3 is 0 Å². The van der Waals surface area contributed by atoms with Crippen LogP contribution in [0.15, 0.2) is 51.7 Å². The van der Waals surface area contributed by atoms with Gasteiger partial charge in [0.1, 0.15) is 5.58 Å². The van der Waals surface area contributed by atoms with Crippen molar-refractivity contribution in [3.63, 3.8) is 0 Å². The highest BCUT2D eigenvalue weighted by Gasteiger charge is 2.19. The van der Waals surface area contributed by atoms with Gasteiger partial charge in [0.15, 0.2) is 17.3 Å². The van der Waals surface area contributed by atoms with Crippen LogP contribution in [0, 0.1) is 6.92 Å². The molecule has 0 fully saturated rings. The molecule has 33 heavy (non-hydrogen) atoms. The molecule has 0 atom stereocenters. The number of unbranched alkanes of at least 4 members (excludes halogenated alkanes) is 1. The number of rotatable bonds is 7. The number of aromatic nitrogens is 3. The Bertz CT molecular complexity index is 1560. The molecule has 3 heterocycles. The molecule has 0 N–H and O–H groups in total. The zero-order valence-corrected chi connectivity index (χ0v) is 19.4. The van der Waals surface area contributed by atoms with Crippen molar-refractivity contribution in [2.75, 3.05) is 13.7 Å². The molecule has 0 radical (unpaired) electrons. The Labute approximate surface area is 193 Å². The highest BCUT2D eigenvalue weighted by Crippen LogP contribution is 2.31. The number of fused-ring (bicyclic) bond motifs is 2. The van der Waals surface area contributed by atoms with Crippen molar-refractivity contribution in [3.8, 4) is 23.1 Å². The van der Waals surface area contributed by atoms with E-state index in [1.54, 1.807) is 7.11 Å². The highest BCUT2D eigenvalue weighted by molar-refractivity contribution is 7.15. The van der Waals surface area contributed by atoms with Gasteiger partial charge in [0.2, 0.25) is 10.8 Å². The second-order valence-corrected chi connectivity index (χ2v) is 8.72. The average molecular weight is 462 g/mol. The van der Waals surface area contributed by atoms with E-state index in [4.69, 9.17) is 13.9 Å². The van der Waals surface area contributed by atoms with Crippen LogP contribution in [0.4, 0.5) is 0 Å². The first kappa shape index (κ1) is 21.2. The molecule has 0 unspecified atom stereocenters. The summed E-state index contributed by atoms with van der Waals surface area (Å²) < 4.78 is 19.1. The van der Waals surface area contributed by atoms with Crippen LogP contribution in [0.5, 0.6) is 11.5 Å². The number of thiazole rings is 1. The fourth-order valence-corrected chi connectivity index (χ4v) is 4.60. The minimum Gasteiger partial charge on any atom is -0.493 e. The predicted molar refractivity (Wildman–Crippen MR) is 129 cm³/mol. The molecule has 0 aliphatic heterocycles. The van der Waals surface area contributed by atoms with E-state index in [0.29, 0.717) is 39.2 Å². The summed E-state index contributed by atoms with van der Waals surface area (Å²) >= 11 is 1.29. The molecule has 0 aliphatic carbocycles. The number of para-hydroxylation sites is 1. The lowest BCUT2D eigenvalue weighted by Crippen LogP contribution is -2.23. The standard InChI is InChI=1S/C25H23N3O4S/c1-4-5-12-31-19-11-10-16(13-20(19)30-3)14-21-24(29)28-25(33-21)26-23(27-28)22-15(2)17-8-6-7-9-18(17)32-22/h6-11,13-14H,4-5,12H2,1-3H3/b21-14-. The van der Waals surface area contributed by atoms with Gasteiger partial charge < -0.3 is 13.9 Å². The maximum absolute atomic E-state index is 13.0. The monoisotopic (exact) mass is 461 g/mol. The van der Waals surface area contributed by atoms with Gasteiger partial charge in [-0.25, -0.2) is 0 Å². The zero-order valence-electron chi connectivity index (χ0n) is 18.6. The number of benzene rings is 2. The minimum atomic E-state index is -0.218. The normalized spacial score (nSPS) is 12.2. The summed E-state index contributed by atoms with van der Waals surface area (Å²) in [5.74, 6) is 2.32. The van der Waals surface area contributed by atoms with Gasteiger partial charge in [-0.2, -0.15) is 9.50 Å². The van der Waals surface area contributed by atoms with Crippen LogP contribution < -0.4 is 19.6 Å². The number of nitrogens with zero attached hydrogens (tertiary/aromatic N) is 3. The van der Waals surface area contributed by atoms with Crippen LogP contribution in [0.1, 0.15) is 30.9 Å². The number of ether oxygens (including phenoxy) is 2. The maximum Gasteiger partial charge on any atom is 0.291 e. The largest absolute Gasteiger partial charge is 0.493 e. The van der Waals surface area contributed by atoms with Crippen LogP contribution in [0.3, 0.4) is 0 Å². The number of methoxy groups -OCH3 is 1. The Morgan fingerprint density at radius 3 is 2.79 bits per heavy atom. The molecule has 0 spiro atoms. The number of hydrogen-bond donors (Lipinski definition) is 0. The van der Waals surface area contributed by atoms with Gasteiger partial charge in [-0.05, 0) is 43.2 Å². The molecule has 5 aromatic rings. The summed E-state index contributed by atoms with van der Waals surface area (Å²) in [7, 11) is 1.61. The SMILES string of the molecule is CCCCOc1ccc(/C=c2\sc3nc(-c4oc5ccccc5c4C)nn3c2=O)cc1OC. The third-order valence-corrected chi connectivity index (χ3v) is 6.43. The molecule has 2 aromatic carbocycles. The number of aryl methyl sites for hydroxylation is 1. The Morgan fingerprint density at radius 1 is 1.18 bits per heavy atom. The quantitative estimate of drug-likeness (QED) is 0.330. The highest BCUT2D eigenvalue weighted by atomic mass is 32.1. The molecule has 0 saturated carbocycles. The van der Waals surface area contributed by atoms with Gasteiger partial charge in [-0.3, -0.25) is 4.79 Å². The maximum atomic E-state index is 13.0. The summed E-state index contributed by atoms with van der Waals surface area (Å²) in [6.07, 6.45) is 3.86. The molecule has 0 saturated heterocycles. The predicted octanol–water partition coefficient (Wildman–Crippen LogP) is 4.61. The Kier molecular flexibility index (Phi) is 5.60. The molecule has 0 aliphatic rings. The van der Waals surface area contributed by atoms with E-state index in [9.17, 15) is 4.79 Å². The Balaban J connectivity index is 1.50. The average Bonchev–Trinajstić information content (AvgIpc) is 3.48. The second-order valence-electron chi connectivity index (χ2n) is 7.71. The van der Waals surface area contributed by atoms with Crippen molar-refractivity contribution in [1.29, 1.82) is 0 Å². The lowest BCUT2D eigenvalue weighted by molar-refractivity contribution is 0.288. The smallest absolute Gasteiger partial charge is 0.291 e. The first-order valence-electron chi connectivity index (χ1n) is 10.8. The van der Waals surface area contributed by atoms with Gasteiger partial charge in [0.25, 0.3) is 5.56 Å². The minimum absolute atomic E-state index is 0.218. The molecule has 5 rings (SSSR count). The van der Waals surface area contributed by atoms with E-state index < -0.39 is 0 Å². The number of hydrogen-bond acceptors (Lipinski definition) is 7. The van der Waals surface area contributed by atoms with Crippen molar-refractivity contribution in [1.82, 2.24) is 14.6 Å². The third-order valence-electron chi connectivity index (χ3n) is 5.47. The molecular weight excluding hydrogens is 438 g/mol. The summed E-state index contributed by atoms with van der Waals surface area (Å²) in [4.78, 5) is 18.1. The van der Waals surface area contributed by atoms with Crippen LogP contribution in [0.2, 0.25) is 0 Å². The Morgan fingerprint density at radius 2 is 2.03 bits per heavy atom. The second kappa shape index (κ2) is 8.71. The van der Waals surface area contributed by atoms with Crippen LogP contribution in [-0.4, -0.2) is 28.3 Å². The molecular formula is C25H23N3O4S. The van der Waals surface area contributed by atoms with Gasteiger partial charge in [-0.15, -0.1) is 5.10 Å².